The topological polar surface area (TPSA) is 54.4 Å². The average Bonchev–Trinajstić information content (AvgIpc) is 2.97. The Morgan fingerprint density at radius 2 is 1.87 bits per heavy atom. The van der Waals surface area contributed by atoms with Crippen LogP contribution < -0.4 is 0 Å². The van der Waals surface area contributed by atoms with Gasteiger partial charge in [-0.1, -0.05) is 0 Å². The summed E-state index contributed by atoms with van der Waals surface area (Å²) in [7, 11) is -3.88. The Bertz CT molecular complexity index is 307. The van der Waals surface area contributed by atoms with Gasteiger partial charge in [-0.15, -0.1) is 35.3 Å². The molecular weight excluding hydrogens is 292 g/mol. The molecule has 2 heterocycles. The van der Waals surface area contributed by atoms with E-state index in [1.54, 1.807) is 47.0 Å². The number of thioether (sulfide) groups is 4. The molecule has 0 aliphatic carbocycles. The Hall–Kier alpha value is 1.31. The van der Waals surface area contributed by atoms with Crippen LogP contribution in [0.4, 0.5) is 0 Å². The molecule has 2 saturated heterocycles. The number of hydrogen-bond donors (Lipinski definition) is 1. The predicted octanol–water partition coefficient (Wildman–Crippen LogP) is 2.20. The van der Waals surface area contributed by atoms with Crippen molar-refractivity contribution in [2.75, 3.05) is 15.9 Å². The molecule has 0 amide bonds. The highest BCUT2D eigenvalue weighted by Crippen LogP contribution is 2.44. The molecule has 0 radical (unpaired) electrons. The minimum absolute atomic E-state index is 0.0162. The van der Waals surface area contributed by atoms with Crippen LogP contribution in [-0.2, 0) is 10.1 Å². The molecule has 3 nitrogen and oxygen atoms in total. The van der Waals surface area contributed by atoms with Crippen LogP contribution in [0.3, 0.4) is 0 Å². The van der Waals surface area contributed by atoms with Crippen molar-refractivity contribution in [3.05, 3.63) is 0 Å². The van der Waals surface area contributed by atoms with Crippen molar-refractivity contribution in [3.8, 4) is 0 Å². The lowest BCUT2D eigenvalue weighted by Crippen LogP contribution is -2.32. The van der Waals surface area contributed by atoms with Crippen LogP contribution in [0, 0.1) is 0 Å². The third kappa shape index (κ3) is 3.92. The summed E-state index contributed by atoms with van der Waals surface area (Å²) >= 11 is 6.87. The summed E-state index contributed by atoms with van der Waals surface area (Å²) in [5, 5.41) is 1.74. The Kier molecular flexibility index (Phi) is 4.51. The second kappa shape index (κ2) is 5.30. The van der Waals surface area contributed by atoms with Gasteiger partial charge < -0.3 is 0 Å². The van der Waals surface area contributed by atoms with Gasteiger partial charge in [0.25, 0.3) is 10.1 Å². The third-order valence-corrected chi connectivity index (χ3v) is 9.34. The lowest BCUT2D eigenvalue weighted by molar-refractivity contribution is 0.466. The van der Waals surface area contributed by atoms with Crippen molar-refractivity contribution >= 4 is 57.2 Å². The first kappa shape index (κ1) is 12.8. The van der Waals surface area contributed by atoms with Gasteiger partial charge in [0.2, 0.25) is 0 Å². The van der Waals surface area contributed by atoms with Gasteiger partial charge in [0, 0.05) is 21.2 Å². The fraction of sp³-hybridized carbons (Fsp3) is 1.00. The summed E-state index contributed by atoms with van der Waals surface area (Å²) in [4.78, 5) is 0. The van der Waals surface area contributed by atoms with Crippen LogP contribution in [0.1, 0.15) is 6.42 Å². The monoisotopic (exact) mass is 304 g/mol. The molecule has 0 aromatic carbocycles. The van der Waals surface area contributed by atoms with Gasteiger partial charge >= 0.3 is 0 Å². The third-order valence-electron chi connectivity index (χ3n) is 2.21. The van der Waals surface area contributed by atoms with E-state index in [0.29, 0.717) is 11.7 Å². The molecule has 88 valence electrons. The van der Waals surface area contributed by atoms with Crippen LogP contribution in [0.25, 0.3) is 0 Å². The molecule has 0 aromatic rings. The minimum atomic E-state index is -3.88. The molecule has 2 aliphatic rings. The highest BCUT2D eigenvalue weighted by molar-refractivity contribution is 8.32. The SMILES string of the molecule is O=S(=O)(O)C(CC1CS1)C1SCSCS1. The smallest absolute Gasteiger partial charge is 0.269 e. The van der Waals surface area contributed by atoms with Gasteiger partial charge in [-0.3, -0.25) is 4.55 Å². The second-order valence-corrected chi connectivity index (χ2v) is 10.6. The van der Waals surface area contributed by atoms with Crippen molar-refractivity contribution in [2.24, 2.45) is 0 Å². The average molecular weight is 305 g/mol. The van der Waals surface area contributed by atoms with Crippen molar-refractivity contribution < 1.29 is 13.0 Å². The van der Waals surface area contributed by atoms with Crippen LogP contribution in [0.15, 0.2) is 0 Å². The van der Waals surface area contributed by atoms with Crippen LogP contribution >= 0.6 is 47.0 Å². The lowest BCUT2D eigenvalue weighted by Gasteiger charge is -2.26. The highest BCUT2D eigenvalue weighted by Gasteiger charge is 2.39. The maximum absolute atomic E-state index is 11.3. The van der Waals surface area contributed by atoms with E-state index in [9.17, 15) is 13.0 Å². The zero-order chi connectivity index (χ0) is 10.9. The van der Waals surface area contributed by atoms with E-state index >= 15 is 0 Å². The van der Waals surface area contributed by atoms with Gasteiger partial charge in [-0.25, -0.2) is 0 Å². The van der Waals surface area contributed by atoms with Gasteiger partial charge in [0.1, 0.15) is 5.25 Å². The fourth-order valence-corrected chi connectivity index (χ4v) is 8.93. The quantitative estimate of drug-likeness (QED) is 0.631. The van der Waals surface area contributed by atoms with Gasteiger partial charge in [-0.2, -0.15) is 20.2 Å². The summed E-state index contributed by atoms with van der Waals surface area (Å²) in [5.41, 5.74) is 0. The molecule has 2 unspecified atom stereocenters. The first-order valence-electron chi connectivity index (χ1n) is 4.46. The Balaban J connectivity index is 2.02. The Morgan fingerprint density at radius 3 is 2.33 bits per heavy atom. The summed E-state index contributed by atoms with van der Waals surface area (Å²) in [6.07, 6.45) is 0.610. The molecule has 0 spiro atoms. The predicted molar refractivity (Wildman–Crippen MR) is 72.5 cm³/mol. The van der Waals surface area contributed by atoms with Gasteiger partial charge in [0.15, 0.2) is 0 Å². The molecule has 8 heteroatoms. The molecule has 0 aromatic heterocycles. The number of rotatable bonds is 4. The van der Waals surface area contributed by atoms with E-state index in [0.717, 1.165) is 15.9 Å². The highest BCUT2D eigenvalue weighted by atomic mass is 32.3. The summed E-state index contributed by atoms with van der Waals surface area (Å²) < 4.78 is 31.9. The summed E-state index contributed by atoms with van der Waals surface area (Å²) in [6.45, 7) is 0. The molecular formula is C7H12O3S5. The van der Waals surface area contributed by atoms with Crippen LogP contribution in [0.5, 0.6) is 0 Å². The zero-order valence-corrected chi connectivity index (χ0v) is 11.9. The van der Waals surface area contributed by atoms with Crippen molar-refractivity contribution in [1.29, 1.82) is 0 Å². The normalized spacial score (nSPS) is 30.1. The van der Waals surface area contributed by atoms with Crippen molar-refractivity contribution in [1.82, 2.24) is 0 Å². The van der Waals surface area contributed by atoms with E-state index in [1.807, 2.05) is 0 Å². The largest absolute Gasteiger partial charge is 0.285 e. The maximum Gasteiger partial charge on any atom is 0.269 e. The van der Waals surface area contributed by atoms with E-state index in [-0.39, 0.29) is 4.58 Å². The molecule has 0 saturated carbocycles. The zero-order valence-electron chi connectivity index (χ0n) is 7.87. The fourth-order valence-electron chi connectivity index (χ4n) is 1.36. The van der Waals surface area contributed by atoms with Crippen LogP contribution in [-0.4, -0.2) is 44.0 Å². The molecule has 2 atom stereocenters. The molecule has 2 fully saturated rings. The van der Waals surface area contributed by atoms with E-state index in [1.165, 1.54) is 0 Å². The molecule has 15 heavy (non-hydrogen) atoms. The standard InChI is InChI=1S/C7H12O3S5/c8-15(9,10)6(1-5-2-12-5)7-13-3-11-4-14-7/h5-7H,1-4H2,(H,8,9,10). The molecule has 2 rings (SSSR count). The van der Waals surface area contributed by atoms with Gasteiger partial charge in [0.05, 0.1) is 4.58 Å². The van der Waals surface area contributed by atoms with Crippen molar-refractivity contribution in [2.45, 2.75) is 21.5 Å². The Labute approximate surface area is 107 Å². The minimum Gasteiger partial charge on any atom is -0.285 e. The first-order valence-corrected chi connectivity index (χ1v) is 10.3. The van der Waals surface area contributed by atoms with Crippen molar-refractivity contribution in [3.63, 3.8) is 0 Å². The van der Waals surface area contributed by atoms with E-state index < -0.39 is 15.4 Å². The second-order valence-electron chi connectivity index (χ2n) is 3.39. The first-order chi connectivity index (χ1) is 7.07. The lowest BCUT2D eigenvalue weighted by atomic mass is 10.3. The molecule has 1 N–H and O–H groups in total. The van der Waals surface area contributed by atoms with E-state index in [4.69, 9.17) is 0 Å². The van der Waals surface area contributed by atoms with Gasteiger partial charge in [-0.05, 0) is 6.42 Å². The van der Waals surface area contributed by atoms with E-state index in [2.05, 4.69) is 0 Å². The van der Waals surface area contributed by atoms with Crippen LogP contribution in [0.2, 0.25) is 0 Å². The summed E-state index contributed by atoms with van der Waals surface area (Å²) in [6, 6.07) is 0. The molecule has 0 bridgehead atoms. The summed E-state index contributed by atoms with van der Waals surface area (Å²) in [5.74, 6) is 1.04. The maximum atomic E-state index is 11.3. The molecule has 2 aliphatic heterocycles. The Morgan fingerprint density at radius 1 is 1.27 bits per heavy atom. The number of hydrogen-bond acceptors (Lipinski definition) is 6.